The fraction of sp³-hybridized carbons (Fsp3) is 0.200. The maximum absolute atomic E-state index is 12.8. The first-order valence-corrected chi connectivity index (χ1v) is 11.8. The lowest BCUT2D eigenvalue weighted by Crippen LogP contribution is -2.23. The van der Waals surface area contributed by atoms with Crippen LogP contribution in [0.15, 0.2) is 84.0 Å². The molecule has 0 radical (unpaired) electrons. The molecule has 8 nitrogen and oxygen atoms in total. The summed E-state index contributed by atoms with van der Waals surface area (Å²) in [5.41, 5.74) is 2.50. The topological polar surface area (TPSA) is 91.2 Å². The number of hydrogen-bond donors (Lipinski definition) is 1. The molecule has 1 amide bonds. The number of carbonyl (C=O) groups is 1. The molecule has 3 aromatic carbocycles. The molecule has 0 saturated carbocycles. The van der Waals surface area contributed by atoms with Crippen LogP contribution >= 0.6 is 11.8 Å². The number of rotatable bonds is 10. The Morgan fingerprint density at radius 2 is 1.74 bits per heavy atom. The molecule has 4 rings (SSSR count). The standard InChI is InChI=1S/C25H25N5O3S/c1-3-32-23-12-8-7-11-22(23)30-25(27-28-29-30)34-18(2)24(31)26-20-13-15-21(16-14-20)33-17-19-9-5-4-6-10-19/h4-16,18H,3,17H2,1-2H3,(H,26,31). The number of anilines is 1. The Morgan fingerprint density at radius 3 is 2.50 bits per heavy atom. The Bertz CT molecular complexity index is 1210. The maximum atomic E-state index is 12.8. The highest BCUT2D eigenvalue weighted by molar-refractivity contribution is 8.00. The van der Waals surface area contributed by atoms with Gasteiger partial charge in [0, 0.05) is 5.69 Å². The van der Waals surface area contributed by atoms with Crippen molar-refractivity contribution in [2.24, 2.45) is 0 Å². The van der Waals surface area contributed by atoms with E-state index in [1.54, 1.807) is 4.68 Å². The van der Waals surface area contributed by atoms with Gasteiger partial charge in [-0.2, -0.15) is 4.68 Å². The smallest absolute Gasteiger partial charge is 0.237 e. The molecule has 34 heavy (non-hydrogen) atoms. The van der Waals surface area contributed by atoms with Gasteiger partial charge in [-0.15, -0.1) is 5.10 Å². The molecule has 4 aromatic rings. The predicted molar refractivity (Wildman–Crippen MR) is 131 cm³/mol. The molecule has 9 heteroatoms. The molecule has 1 aromatic heterocycles. The number of tetrazole rings is 1. The maximum Gasteiger partial charge on any atom is 0.237 e. The van der Waals surface area contributed by atoms with E-state index in [1.165, 1.54) is 11.8 Å². The number of para-hydroxylation sites is 2. The lowest BCUT2D eigenvalue weighted by molar-refractivity contribution is -0.115. The first-order chi connectivity index (χ1) is 16.6. The quantitative estimate of drug-likeness (QED) is 0.331. The summed E-state index contributed by atoms with van der Waals surface area (Å²) in [6.07, 6.45) is 0. The van der Waals surface area contributed by atoms with Crippen molar-refractivity contribution in [3.8, 4) is 17.2 Å². The van der Waals surface area contributed by atoms with Gasteiger partial charge in [0.2, 0.25) is 11.1 Å². The van der Waals surface area contributed by atoms with Gasteiger partial charge in [-0.05, 0) is 66.2 Å². The second-order valence-electron chi connectivity index (χ2n) is 7.32. The van der Waals surface area contributed by atoms with Crippen LogP contribution in [0, 0.1) is 0 Å². The summed E-state index contributed by atoms with van der Waals surface area (Å²) in [7, 11) is 0. The molecule has 1 heterocycles. The van der Waals surface area contributed by atoms with E-state index >= 15 is 0 Å². The molecule has 0 aliphatic heterocycles. The van der Waals surface area contributed by atoms with Crippen molar-refractivity contribution < 1.29 is 14.3 Å². The van der Waals surface area contributed by atoms with Gasteiger partial charge < -0.3 is 14.8 Å². The molecule has 1 atom stereocenters. The van der Waals surface area contributed by atoms with Gasteiger partial charge in [0.1, 0.15) is 23.8 Å². The molecule has 0 spiro atoms. The van der Waals surface area contributed by atoms with Crippen LogP contribution in [-0.2, 0) is 11.4 Å². The average molecular weight is 476 g/mol. The summed E-state index contributed by atoms with van der Waals surface area (Å²) in [4.78, 5) is 12.8. The zero-order valence-corrected chi connectivity index (χ0v) is 19.7. The number of carbonyl (C=O) groups excluding carboxylic acids is 1. The molecular formula is C25H25N5O3S. The van der Waals surface area contributed by atoms with Crippen LogP contribution in [0.1, 0.15) is 19.4 Å². The van der Waals surface area contributed by atoms with Crippen molar-refractivity contribution in [2.45, 2.75) is 30.9 Å². The minimum absolute atomic E-state index is 0.157. The summed E-state index contributed by atoms with van der Waals surface area (Å²) in [5.74, 6) is 1.25. The first kappa shape index (κ1) is 23.3. The Kier molecular flexibility index (Phi) is 7.77. The minimum Gasteiger partial charge on any atom is -0.492 e. The normalized spacial score (nSPS) is 11.6. The van der Waals surface area contributed by atoms with E-state index in [4.69, 9.17) is 9.47 Å². The van der Waals surface area contributed by atoms with E-state index < -0.39 is 5.25 Å². The number of hydrogen-bond acceptors (Lipinski definition) is 7. The van der Waals surface area contributed by atoms with E-state index in [0.29, 0.717) is 29.8 Å². The van der Waals surface area contributed by atoms with Gasteiger partial charge in [-0.1, -0.05) is 54.2 Å². The highest BCUT2D eigenvalue weighted by atomic mass is 32.2. The van der Waals surface area contributed by atoms with E-state index in [-0.39, 0.29) is 5.91 Å². The summed E-state index contributed by atoms with van der Waals surface area (Å²) in [6.45, 7) is 4.74. The molecule has 0 aliphatic rings. The van der Waals surface area contributed by atoms with Crippen LogP contribution in [0.25, 0.3) is 5.69 Å². The molecule has 174 valence electrons. The monoisotopic (exact) mass is 475 g/mol. The number of benzene rings is 3. The fourth-order valence-electron chi connectivity index (χ4n) is 3.14. The summed E-state index contributed by atoms with van der Waals surface area (Å²) in [6, 6.07) is 24.8. The van der Waals surface area contributed by atoms with E-state index in [2.05, 4.69) is 20.8 Å². The minimum atomic E-state index is -0.432. The third-order valence-electron chi connectivity index (χ3n) is 4.86. The Hall–Kier alpha value is -3.85. The SMILES string of the molecule is CCOc1ccccc1-n1nnnc1SC(C)C(=O)Nc1ccc(OCc2ccccc2)cc1. The third-order valence-corrected chi connectivity index (χ3v) is 5.89. The largest absolute Gasteiger partial charge is 0.492 e. The van der Waals surface area contributed by atoms with Crippen LogP contribution < -0.4 is 14.8 Å². The van der Waals surface area contributed by atoms with Crippen molar-refractivity contribution in [2.75, 3.05) is 11.9 Å². The van der Waals surface area contributed by atoms with Gasteiger partial charge in [0.15, 0.2) is 0 Å². The van der Waals surface area contributed by atoms with Gasteiger partial charge >= 0.3 is 0 Å². The number of nitrogens with one attached hydrogen (secondary N) is 1. The predicted octanol–water partition coefficient (Wildman–Crippen LogP) is 4.76. The molecule has 0 saturated heterocycles. The van der Waals surface area contributed by atoms with Crippen LogP contribution in [-0.4, -0.2) is 38.0 Å². The summed E-state index contributed by atoms with van der Waals surface area (Å²) < 4.78 is 13.1. The lowest BCUT2D eigenvalue weighted by Gasteiger charge is -2.14. The Morgan fingerprint density at radius 1 is 1.00 bits per heavy atom. The molecule has 1 N–H and O–H groups in total. The lowest BCUT2D eigenvalue weighted by atomic mass is 10.2. The summed E-state index contributed by atoms with van der Waals surface area (Å²) in [5, 5.41) is 15.0. The van der Waals surface area contributed by atoms with Gasteiger partial charge in [-0.25, -0.2) is 0 Å². The van der Waals surface area contributed by atoms with Crippen molar-refractivity contribution in [1.82, 2.24) is 20.2 Å². The van der Waals surface area contributed by atoms with Gasteiger partial charge in [-0.3, -0.25) is 4.79 Å². The number of ether oxygens (including phenoxy) is 2. The molecule has 1 unspecified atom stereocenters. The third kappa shape index (κ3) is 5.93. The highest BCUT2D eigenvalue weighted by Crippen LogP contribution is 2.28. The molecule has 0 fully saturated rings. The zero-order chi connectivity index (χ0) is 23.8. The van der Waals surface area contributed by atoms with E-state index in [0.717, 1.165) is 17.0 Å². The van der Waals surface area contributed by atoms with Crippen LogP contribution in [0.2, 0.25) is 0 Å². The highest BCUT2D eigenvalue weighted by Gasteiger charge is 2.20. The van der Waals surface area contributed by atoms with Crippen LogP contribution in [0.4, 0.5) is 5.69 Å². The number of aromatic nitrogens is 4. The Labute approximate surface area is 202 Å². The second kappa shape index (κ2) is 11.3. The van der Waals surface area contributed by atoms with Crippen molar-refractivity contribution in [1.29, 1.82) is 0 Å². The zero-order valence-electron chi connectivity index (χ0n) is 18.9. The summed E-state index contributed by atoms with van der Waals surface area (Å²) >= 11 is 1.27. The number of nitrogens with zero attached hydrogens (tertiary/aromatic N) is 4. The fourth-order valence-corrected chi connectivity index (χ4v) is 3.94. The van der Waals surface area contributed by atoms with Crippen LogP contribution in [0.5, 0.6) is 11.5 Å². The molecular weight excluding hydrogens is 450 g/mol. The van der Waals surface area contributed by atoms with Crippen molar-refractivity contribution in [3.05, 3.63) is 84.4 Å². The second-order valence-corrected chi connectivity index (χ2v) is 8.63. The van der Waals surface area contributed by atoms with Gasteiger partial charge in [0.05, 0.1) is 11.9 Å². The van der Waals surface area contributed by atoms with Crippen molar-refractivity contribution >= 4 is 23.4 Å². The molecule has 0 aliphatic carbocycles. The van der Waals surface area contributed by atoms with Crippen LogP contribution in [0.3, 0.4) is 0 Å². The number of amides is 1. The Balaban J connectivity index is 1.36. The van der Waals surface area contributed by atoms with Gasteiger partial charge in [0.25, 0.3) is 0 Å². The average Bonchev–Trinajstić information content (AvgIpc) is 3.32. The van der Waals surface area contributed by atoms with Crippen molar-refractivity contribution in [3.63, 3.8) is 0 Å². The first-order valence-electron chi connectivity index (χ1n) is 10.9. The van der Waals surface area contributed by atoms with E-state index in [9.17, 15) is 4.79 Å². The molecule has 0 bridgehead atoms. The van der Waals surface area contributed by atoms with E-state index in [1.807, 2.05) is 92.7 Å². The number of thioether (sulfide) groups is 1.